The highest BCUT2D eigenvalue weighted by atomic mass is 16.5. The first kappa shape index (κ1) is 17.5. The summed E-state index contributed by atoms with van der Waals surface area (Å²) >= 11 is 0. The van der Waals surface area contributed by atoms with E-state index in [1.807, 2.05) is 30.3 Å². The van der Waals surface area contributed by atoms with E-state index in [9.17, 15) is 9.90 Å². The summed E-state index contributed by atoms with van der Waals surface area (Å²) in [7, 11) is 1.58. The van der Waals surface area contributed by atoms with Crippen LogP contribution in [0.5, 0.6) is 11.5 Å². The van der Waals surface area contributed by atoms with Crippen LogP contribution in [0.25, 0.3) is 11.1 Å². The van der Waals surface area contributed by atoms with Crippen molar-refractivity contribution >= 4 is 5.91 Å². The van der Waals surface area contributed by atoms with Gasteiger partial charge in [0.25, 0.3) is 5.91 Å². The second kappa shape index (κ2) is 8.21. The topological polar surface area (TPSA) is 58.6 Å². The number of hydrogen-bond donors (Lipinski definition) is 2. The van der Waals surface area contributed by atoms with E-state index >= 15 is 0 Å². The van der Waals surface area contributed by atoms with Gasteiger partial charge >= 0.3 is 0 Å². The molecular formula is C22H21NO3. The number of nitrogens with one attached hydrogen (secondary N) is 1. The second-order valence-electron chi connectivity index (χ2n) is 5.98. The van der Waals surface area contributed by atoms with Crippen LogP contribution in [-0.4, -0.2) is 24.7 Å². The van der Waals surface area contributed by atoms with Gasteiger partial charge < -0.3 is 15.2 Å². The molecule has 0 unspecified atom stereocenters. The Kier molecular flexibility index (Phi) is 5.54. The van der Waals surface area contributed by atoms with Gasteiger partial charge in [0.2, 0.25) is 0 Å². The lowest BCUT2D eigenvalue weighted by atomic mass is 10.0. The molecule has 0 atom stereocenters. The lowest BCUT2D eigenvalue weighted by Gasteiger charge is -2.08. The smallest absolute Gasteiger partial charge is 0.251 e. The number of aromatic hydroxyl groups is 1. The third-order valence-electron chi connectivity index (χ3n) is 4.19. The summed E-state index contributed by atoms with van der Waals surface area (Å²) < 4.78 is 5.14. The van der Waals surface area contributed by atoms with E-state index < -0.39 is 0 Å². The highest BCUT2D eigenvalue weighted by molar-refractivity contribution is 5.94. The van der Waals surface area contributed by atoms with Crippen LogP contribution in [0, 0.1) is 0 Å². The standard InChI is InChI=1S/C22H21NO3/c1-26-21-4-2-3-19(15-21)22(25)23-14-13-16-5-7-17(8-6-16)18-9-11-20(24)12-10-18/h2-12,15,24H,13-14H2,1H3,(H,23,25). The van der Waals surface area contributed by atoms with Crippen molar-refractivity contribution in [2.45, 2.75) is 6.42 Å². The van der Waals surface area contributed by atoms with Crippen molar-refractivity contribution in [1.82, 2.24) is 5.32 Å². The fraction of sp³-hybridized carbons (Fsp3) is 0.136. The number of ether oxygens (including phenoxy) is 1. The van der Waals surface area contributed by atoms with Gasteiger partial charge in [-0.05, 0) is 53.4 Å². The maximum Gasteiger partial charge on any atom is 0.251 e. The van der Waals surface area contributed by atoms with Gasteiger partial charge in [0.05, 0.1) is 7.11 Å². The molecule has 0 aliphatic carbocycles. The first-order valence-corrected chi connectivity index (χ1v) is 8.46. The number of carbonyl (C=O) groups excluding carboxylic acids is 1. The molecule has 0 aliphatic heterocycles. The first-order valence-electron chi connectivity index (χ1n) is 8.46. The number of phenols is 1. The minimum atomic E-state index is -0.107. The minimum Gasteiger partial charge on any atom is -0.508 e. The van der Waals surface area contributed by atoms with Gasteiger partial charge in [-0.2, -0.15) is 0 Å². The zero-order valence-corrected chi connectivity index (χ0v) is 14.6. The summed E-state index contributed by atoms with van der Waals surface area (Å²) in [6.07, 6.45) is 0.756. The zero-order chi connectivity index (χ0) is 18.4. The van der Waals surface area contributed by atoms with Crippen LogP contribution in [0.1, 0.15) is 15.9 Å². The third kappa shape index (κ3) is 4.42. The monoisotopic (exact) mass is 347 g/mol. The van der Waals surface area contributed by atoms with Crippen molar-refractivity contribution in [2.24, 2.45) is 0 Å². The number of amides is 1. The Morgan fingerprint density at radius 1 is 0.962 bits per heavy atom. The molecule has 0 radical (unpaired) electrons. The quantitative estimate of drug-likeness (QED) is 0.707. The summed E-state index contributed by atoms with van der Waals surface area (Å²) in [4.78, 5) is 12.2. The van der Waals surface area contributed by atoms with Gasteiger partial charge in [0, 0.05) is 12.1 Å². The SMILES string of the molecule is COc1cccc(C(=O)NCCc2ccc(-c3ccc(O)cc3)cc2)c1. The molecule has 3 rings (SSSR count). The van der Waals surface area contributed by atoms with Crippen LogP contribution in [0.2, 0.25) is 0 Å². The Morgan fingerprint density at radius 3 is 2.27 bits per heavy atom. The zero-order valence-electron chi connectivity index (χ0n) is 14.6. The van der Waals surface area contributed by atoms with E-state index in [-0.39, 0.29) is 11.7 Å². The Labute approximate surface area is 153 Å². The molecule has 1 amide bonds. The number of phenolic OH excluding ortho intramolecular Hbond substituents is 1. The average Bonchev–Trinajstić information content (AvgIpc) is 2.69. The molecule has 4 heteroatoms. The minimum absolute atomic E-state index is 0.107. The number of carbonyl (C=O) groups is 1. The first-order chi connectivity index (χ1) is 12.7. The molecule has 132 valence electrons. The molecule has 0 heterocycles. The molecule has 0 fully saturated rings. The van der Waals surface area contributed by atoms with Gasteiger partial charge in [-0.1, -0.05) is 42.5 Å². The summed E-state index contributed by atoms with van der Waals surface area (Å²) in [6, 6.07) is 22.4. The van der Waals surface area contributed by atoms with Crippen LogP contribution in [-0.2, 0) is 6.42 Å². The molecule has 0 aromatic heterocycles. The van der Waals surface area contributed by atoms with Crippen molar-refractivity contribution in [3.8, 4) is 22.6 Å². The molecule has 26 heavy (non-hydrogen) atoms. The van der Waals surface area contributed by atoms with Crippen LogP contribution < -0.4 is 10.1 Å². The van der Waals surface area contributed by atoms with Gasteiger partial charge in [-0.25, -0.2) is 0 Å². The summed E-state index contributed by atoms with van der Waals surface area (Å²) in [5.74, 6) is 0.823. The van der Waals surface area contributed by atoms with Gasteiger partial charge in [-0.15, -0.1) is 0 Å². The Hall–Kier alpha value is -3.27. The van der Waals surface area contributed by atoms with Gasteiger partial charge in [-0.3, -0.25) is 4.79 Å². The molecule has 0 bridgehead atoms. The number of rotatable bonds is 6. The molecule has 0 aliphatic rings. The van der Waals surface area contributed by atoms with Crippen molar-refractivity contribution in [3.63, 3.8) is 0 Å². The van der Waals surface area contributed by atoms with Crippen LogP contribution in [0.3, 0.4) is 0 Å². The van der Waals surface area contributed by atoms with Crippen molar-refractivity contribution in [3.05, 3.63) is 83.9 Å². The van der Waals surface area contributed by atoms with Crippen LogP contribution in [0.15, 0.2) is 72.8 Å². The molecule has 0 saturated carbocycles. The van der Waals surface area contributed by atoms with Gasteiger partial charge in [0.1, 0.15) is 11.5 Å². The number of methoxy groups -OCH3 is 1. The van der Waals surface area contributed by atoms with E-state index in [1.165, 1.54) is 0 Å². The van der Waals surface area contributed by atoms with Crippen LogP contribution >= 0.6 is 0 Å². The van der Waals surface area contributed by atoms with E-state index in [0.717, 1.165) is 23.1 Å². The number of benzene rings is 3. The van der Waals surface area contributed by atoms with Crippen molar-refractivity contribution in [2.75, 3.05) is 13.7 Å². The molecule has 0 spiro atoms. The summed E-state index contributed by atoms with van der Waals surface area (Å²) in [6.45, 7) is 0.564. The van der Waals surface area contributed by atoms with Crippen molar-refractivity contribution < 1.29 is 14.6 Å². The highest BCUT2D eigenvalue weighted by Gasteiger charge is 2.06. The summed E-state index contributed by atoms with van der Waals surface area (Å²) in [5.41, 5.74) is 3.89. The maximum atomic E-state index is 12.2. The van der Waals surface area contributed by atoms with E-state index in [4.69, 9.17) is 4.74 Å². The third-order valence-corrected chi connectivity index (χ3v) is 4.19. The highest BCUT2D eigenvalue weighted by Crippen LogP contribution is 2.22. The Bertz CT molecular complexity index is 871. The van der Waals surface area contributed by atoms with Crippen molar-refractivity contribution in [1.29, 1.82) is 0 Å². The number of hydrogen-bond acceptors (Lipinski definition) is 3. The lowest BCUT2D eigenvalue weighted by Crippen LogP contribution is -2.25. The molecule has 0 saturated heterocycles. The fourth-order valence-electron chi connectivity index (χ4n) is 2.70. The molecule has 3 aromatic carbocycles. The van der Waals surface area contributed by atoms with Crippen LogP contribution in [0.4, 0.5) is 0 Å². The molecule has 3 aromatic rings. The fourth-order valence-corrected chi connectivity index (χ4v) is 2.70. The second-order valence-corrected chi connectivity index (χ2v) is 5.98. The molecule has 4 nitrogen and oxygen atoms in total. The molecule has 2 N–H and O–H groups in total. The Balaban J connectivity index is 1.54. The molecular weight excluding hydrogens is 326 g/mol. The summed E-state index contributed by atoms with van der Waals surface area (Å²) in [5, 5.41) is 12.3. The van der Waals surface area contributed by atoms with E-state index in [2.05, 4.69) is 17.4 Å². The average molecular weight is 347 g/mol. The van der Waals surface area contributed by atoms with E-state index in [0.29, 0.717) is 17.9 Å². The normalized spacial score (nSPS) is 10.3. The van der Waals surface area contributed by atoms with E-state index in [1.54, 1.807) is 37.4 Å². The maximum absolute atomic E-state index is 12.2. The predicted molar refractivity (Wildman–Crippen MR) is 103 cm³/mol. The van der Waals surface area contributed by atoms with Gasteiger partial charge in [0.15, 0.2) is 0 Å². The predicted octanol–water partition coefficient (Wildman–Crippen LogP) is 4.04. The largest absolute Gasteiger partial charge is 0.508 e. The lowest BCUT2D eigenvalue weighted by molar-refractivity contribution is 0.0954. The Morgan fingerprint density at radius 2 is 1.62 bits per heavy atom.